The number of hydrogen-bond donors (Lipinski definition) is 2. The van der Waals surface area contributed by atoms with Gasteiger partial charge in [0.25, 0.3) is 0 Å². The van der Waals surface area contributed by atoms with E-state index in [-0.39, 0.29) is 23.6 Å². The first-order chi connectivity index (χ1) is 9.17. The fourth-order valence-electron chi connectivity index (χ4n) is 2.05. The van der Waals surface area contributed by atoms with Crippen molar-refractivity contribution in [2.24, 2.45) is 0 Å². The monoisotopic (exact) mass is 298 g/mol. The molecular weight excluding hydrogens is 276 g/mol. The largest absolute Gasteiger partial charge is 0.399 e. The summed E-state index contributed by atoms with van der Waals surface area (Å²) in [6.45, 7) is 3.64. The molecule has 1 aromatic carbocycles. The normalized spacial score (nSPS) is 14.6. The van der Waals surface area contributed by atoms with Gasteiger partial charge in [-0.1, -0.05) is 19.1 Å². The molecule has 0 bridgehead atoms. The predicted octanol–water partition coefficient (Wildman–Crippen LogP) is 1.31. The maximum absolute atomic E-state index is 11.9. The summed E-state index contributed by atoms with van der Waals surface area (Å²) in [7, 11) is -3.08. The fraction of sp³-hybridized carbons (Fsp3) is 0.500. The maximum atomic E-state index is 11.9. The Morgan fingerprint density at radius 3 is 2.30 bits per heavy atom. The highest BCUT2D eigenvalue weighted by Crippen LogP contribution is 2.19. The Balaban J connectivity index is 2.51. The highest BCUT2D eigenvalue weighted by molar-refractivity contribution is 7.90. The van der Waals surface area contributed by atoms with Gasteiger partial charge in [0, 0.05) is 24.4 Å². The van der Waals surface area contributed by atoms with Crippen LogP contribution in [-0.2, 0) is 14.6 Å². The Hall–Kier alpha value is -1.56. The summed E-state index contributed by atoms with van der Waals surface area (Å²) >= 11 is 0. The molecule has 0 aliphatic rings. The molecule has 1 rings (SSSR count). The Bertz CT molecular complexity index is 552. The van der Waals surface area contributed by atoms with Crippen LogP contribution in [0, 0.1) is 0 Å². The molecule has 0 spiro atoms. The van der Waals surface area contributed by atoms with Crippen molar-refractivity contribution >= 4 is 21.4 Å². The van der Waals surface area contributed by atoms with Crippen LogP contribution in [0.2, 0.25) is 0 Å². The SMILES string of the molecule is CC(CS(C)(=O)=O)NC(=O)CC(C)c1ccc(N)cc1. The van der Waals surface area contributed by atoms with Gasteiger partial charge in [-0.05, 0) is 30.5 Å². The van der Waals surface area contributed by atoms with E-state index in [9.17, 15) is 13.2 Å². The number of carbonyl (C=O) groups excluding carboxylic acids is 1. The fourth-order valence-corrected chi connectivity index (χ4v) is 3.04. The van der Waals surface area contributed by atoms with E-state index in [4.69, 9.17) is 5.73 Å². The van der Waals surface area contributed by atoms with Gasteiger partial charge in [0.15, 0.2) is 0 Å². The Morgan fingerprint density at radius 1 is 1.25 bits per heavy atom. The maximum Gasteiger partial charge on any atom is 0.220 e. The summed E-state index contributed by atoms with van der Waals surface area (Å²) < 4.78 is 22.3. The van der Waals surface area contributed by atoms with E-state index in [0.717, 1.165) is 11.8 Å². The second kappa shape index (κ2) is 6.74. The van der Waals surface area contributed by atoms with Crippen molar-refractivity contribution in [2.45, 2.75) is 32.2 Å². The van der Waals surface area contributed by atoms with Gasteiger partial charge in [-0.15, -0.1) is 0 Å². The van der Waals surface area contributed by atoms with E-state index in [0.29, 0.717) is 12.1 Å². The van der Waals surface area contributed by atoms with Gasteiger partial charge in [-0.2, -0.15) is 0 Å². The second-order valence-electron chi connectivity index (χ2n) is 5.33. The number of carbonyl (C=O) groups is 1. The minimum atomic E-state index is -3.08. The summed E-state index contributed by atoms with van der Waals surface area (Å²) in [4.78, 5) is 11.9. The minimum Gasteiger partial charge on any atom is -0.399 e. The van der Waals surface area contributed by atoms with Gasteiger partial charge in [-0.3, -0.25) is 4.79 Å². The third-order valence-corrected chi connectivity index (χ3v) is 4.06. The van der Waals surface area contributed by atoms with Crippen LogP contribution in [0.25, 0.3) is 0 Å². The third kappa shape index (κ3) is 6.06. The first kappa shape index (κ1) is 16.5. The molecular formula is C14H22N2O3S. The summed E-state index contributed by atoms with van der Waals surface area (Å²) in [6.07, 6.45) is 1.48. The zero-order chi connectivity index (χ0) is 15.3. The number of rotatable bonds is 6. The Labute approximate surface area is 120 Å². The van der Waals surface area contributed by atoms with Crippen molar-refractivity contribution in [3.8, 4) is 0 Å². The molecule has 0 saturated carbocycles. The number of nitrogens with one attached hydrogen (secondary N) is 1. The van der Waals surface area contributed by atoms with Crippen molar-refractivity contribution in [2.75, 3.05) is 17.7 Å². The van der Waals surface area contributed by atoms with Gasteiger partial charge in [-0.25, -0.2) is 8.42 Å². The molecule has 0 aliphatic heterocycles. The molecule has 5 nitrogen and oxygen atoms in total. The smallest absolute Gasteiger partial charge is 0.220 e. The van der Waals surface area contributed by atoms with Gasteiger partial charge in [0.2, 0.25) is 5.91 Å². The Kier molecular flexibility index (Phi) is 5.56. The first-order valence-corrected chi connectivity index (χ1v) is 8.56. The van der Waals surface area contributed by atoms with Crippen LogP contribution in [0.3, 0.4) is 0 Å². The molecule has 0 saturated heterocycles. The van der Waals surface area contributed by atoms with Crippen LogP contribution in [0.5, 0.6) is 0 Å². The molecule has 1 amide bonds. The topological polar surface area (TPSA) is 89.3 Å². The van der Waals surface area contributed by atoms with E-state index in [1.54, 1.807) is 19.1 Å². The average molecular weight is 298 g/mol. The molecule has 0 radical (unpaired) electrons. The molecule has 0 aliphatic carbocycles. The number of sulfone groups is 1. The van der Waals surface area contributed by atoms with Crippen molar-refractivity contribution in [3.63, 3.8) is 0 Å². The molecule has 3 N–H and O–H groups in total. The zero-order valence-electron chi connectivity index (χ0n) is 12.1. The summed E-state index contributed by atoms with van der Waals surface area (Å²) in [6, 6.07) is 7.02. The minimum absolute atomic E-state index is 0.0466. The van der Waals surface area contributed by atoms with Crippen LogP contribution in [0.1, 0.15) is 31.7 Å². The third-order valence-electron chi connectivity index (χ3n) is 2.96. The molecule has 1 aromatic rings. The van der Waals surface area contributed by atoms with Crippen molar-refractivity contribution < 1.29 is 13.2 Å². The highest BCUT2D eigenvalue weighted by Gasteiger charge is 2.16. The van der Waals surface area contributed by atoms with Crippen LogP contribution >= 0.6 is 0 Å². The van der Waals surface area contributed by atoms with Crippen LogP contribution < -0.4 is 11.1 Å². The molecule has 2 unspecified atom stereocenters. The lowest BCUT2D eigenvalue weighted by Gasteiger charge is -2.16. The number of nitrogens with two attached hydrogens (primary N) is 1. The lowest BCUT2D eigenvalue weighted by atomic mass is 9.97. The zero-order valence-corrected chi connectivity index (χ0v) is 12.9. The van der Waals surface area contributed by atoms with E-state index >= 15 is 0 Å². The highest BCUT2D eigenvalue weighted by atomic mass is 32.2. The van der Waals surface area contributed by atoms with E-state index in [1.807, 2.05) is 19.1 Å². The molecule has 112 valence electrons. The van der Waals surface area contributed by atoms with E-state index < -0.39 is 9.84 Å². The molecule has 0 heterocycles. The van der Waals surface area contributed by atoms with Crippen LogP contribution in [0.4, 0.5) is 5.69 Å². The summed E-state index contributed by atoms with van der Waals surface area (Å²) in [5.74, 6) is -0.138. The van der Waals surface area contributed by atoms with Gasteiger partial charge in [0.1, 0.15) is 9.84 Å². The molecule has 0 aromatic heterocycles. The van der Waals surface area contributed by atoms with Crippen LogP contribution in [0.15, 0.2) is 24.3 Å². The lowest BCUT2D eigenvalue weighted by molar-refractivity contribution is -0.121. The van der Waals surface area contributed by atoms with E-state index in [2.05, 4.69) is 5.32 Å². The average Bonchev–Trinajstić information content (AvgIpc) is 2.26. The van der Waals surface area contributed by atoms with Crippen molar-refractivity contribution in [1.29, 1.82) is 0 Å². The molecule has 6 heteroatoms. The summed E-state index contributed by atoms with van der Waals surface area (Å²) in [5.41, 5.74) is 7.34. The number of nitrogen functional groups attached to an aromatic ring is 1. The van der Waals surface area contributed by atoms with Crippen molar-refractivity contribution in [3.05, 3.63) is 29.8 Å². The van der Waals surface area contributed by atoms with Gasteiger partial charge < -0.3 is 11.1 Å². The van der Waals surface area contributed by atoms with Gasteiger partial charge >= 0.3 is 0 Å². The number of benzene rings is 1. The molecule has 0 fully saturated rings. The van der Waals surface area contributed by atoms with Gasteiger partial charge in [0.05, 0.1) is 5.75 Å². The quantitative estimate of drug-likeness (QED) is 0.775. The summed E-state index contributed by atoms with van der Waals surface area (Å²) in [5, 5.41) is 2.71. The van der Waals surface area contributed by atoms with Crippen molar-refractivity contribution in [1.82, 2.24) is 5.32 Å². The number of amides is 1. The second-order valence-corrected chi connectivity index (χ2v) is 7.52. The molecule has 20 heavy (non-hydrogen) atoms. The van der Waals surface area contributed by atoms with Crippen LogP contribution in [-0.4, -0.2) is 32.4 Å². The molecule has 2 atom stereocenters. The number of hydrogen-bond acceptors (Lipinski definition) is 4. The first-order valence-electron chi connectivity index (χ1n) is 6.50. The van der Waals surface area contributed by atoms with E-state index in [1.165, 1.54) is 0 Å². The Morgan fingerprint density at radius 2 is 1.80 bits per heavy atom. The standard InChI is InChI=1S/C14H22N2O3S/c1-10(12-4-6-13(15)7-5-12)8-14(17)16-11(2)9-20(3,18)19/h4-7,10-11H,8-9,15H2,1-3H3,(H,16,17). The predicted molar refractivity (Wildman–Crippen MR) is 81.2 cm³/mol. The lowest BCUT2D eigenvalue weighted by Crippen LogP contribution is -2.37. The number of anilines is 1.